The zero-order chi connectivity index (χ0) is 17.7. The fourth-order valence-electron chi connectivity index (χ4n) is 2.22. The van der Waals surface area contributed by atoms with Crippen molar-refractivity contribution >= 4 is 21.6 Å². The molecular weight excluding hydrogens is 331 g/mol. The predicted octanol–water partition coefficient (Wildman–Crippen LogP) is 2.22. The molecule has 0 aliphatic heterocycles. The standard InChI is InChI=1S/C17H19FN2O3S/c1-13-7-3-4-8-14(13)11-19-17(21)12-20(24(2,22)23)16-10-6-5-9-15(16)18/h3-10H,11-12H2,1-2H3,(H,19,21). The Morgan fingerprint density at radius 3 is 2.38 bits per heavy atom. The predicted molar refractivity (Wildman–Crippen MR) is 91.6 cm³/mol. The lowest BCUT2D eigenvalue weighted by molar-refractivity contribution is -0.119. The number of carbonyl (C=O) groups is 1. The summed E-state index contributed by atoms with van der Waals surface area (Å²) in [6, 6.07) is 13.0. The molecule has 0 fully saturated rings. The topological polar surface area (TPSA) is 66.5 Å². The average molecular weight is 350 g/mol. The number of carbonyl (C=O) groups excluding carboxylic acids is 1. The molecule has 7 heteroatoms. The van der Waals surface area contributed by atoms with E-state index in [4.69, 9.17) is 0 Å². The van der Waals surface area contributed by atoms with Crippen LogP contribution in [0.4, 0.5) is 10.1 Å². The van der Waals surface area contributed by atoms with Crippen LogP contribution in [0, 0.1) is 12.7 Å². The number of sulfonamides is 1. The third-order valence-corrected chi connectivity index (χ3v) is 4.67. The number of rotatable bonds is 6. The van der Waals surface area contributed by atoms with Crippen LogP contribution in [0.2, 0.25) is 0 Å². The molecule has 1 N–H and O–H groups in total. The Kier molecular flexibility index (Phi) is 5.56. The van der Waals surface area contributed by atoms with Crippen LogP contribution in [-0.4, -0.2) is 27.1 Å². The molecule has 0 saturated heterocycles. The minimum Gasteiger partial charge on any atom is -0.350 e. The van der Waals surface area contributed by atoms with Gasteiger partial charge in [-0.15, -0.1) is 0 Å². The van der Waals surface area contributed by atoms with Crippen molar-refractivity contribution in [2.45, 2.75) is 13.5 Å². The van der Waals surface area contributed by atoms with E-state index >= 15 is 0 Å². The van der Waals surface area contributed by atoms with Gasteiger partial charge in [0.2, 0.25) is 15.9 Å². The van der Waals surface area contributed by atoms with Gasteiger partial charge in [0, 0.05) is 6.54 Å². The normalized spacial score (nSPS) is 11.1. The van der Waals surface area contributed by atoms with E-state index in [9.17, 15) is 17.6 Å². The van der Waals surface area contributed by atoms with Crippen LogP contribution in [-0.2, 0) is 21.4 Å². The molecule has 2 aromatic carbocycles. The summed E-state index contributed by atoms with van der Waals surface area (Å²) in [5, 5.41) is 2.66. The second-order valence-electron chi connectivity index (χ2n) is 5.42. The van der Waals surface area contributed by atoms with Gasteiger partial charge >= 0.3 is 0 Å². The zero-order valence-corrected chi connectivity index (χ0v) is 14.3. The van der Waals surface area contributed by atoms with E-state index in [1.807, 2.05) is 31.2 Å². The monoisotopic (exact) mass is 350 g/mol. The lowest BCUT2D eigenvalue weighted by Crippen LogP contribution is -2.40. The van der Waals surface area contributed by atoms with Gasteiger partial charge in [-0.3, -0.25) is 9.10 Å². The molecule has 1 amide bonds. The summed E-state index contributed by atoms with van der Waals surface area (Å²) < 4.78 is 38.5. The van der Waals surface area contributed by atoms with Crippen LogP contribution in [0.25, 0.3) is 0 Å². The van der Waals surface area contributed by atoms with Gasteiger partial charge in [-0.2, -0.15) is 0 Å². The number of hydrogen-bond acceptors (Lipinski definition) is 3. The van der Waals surface area contributed by atoms with Crippen LogP contribution in [0.15, 0.2) is 48.5 Å². The maximum atomic E-state index is 13.9. The van der Waals surface area contributed by atoms with Crippen LogP contribution in [0.3, 0.4) is 0 Å². The highest BCUT2D eigenvalue weighted by Gasteiger charge is 2.23. The third-order valence-electron chi connectivity index (χ3n) is 3.55. The summed E-state index contributed by atoms with van der Waals surface area (Å²) in [5.41, 5.74) is 1.81. The summed E-state index contributed by atoms with van der Waals surface area (Å²) in [5.74, 6) is -1.21. The zero-order valence-electron chi connectivity index (χ0n) is 13.5. The molecule has 2 rings (SSSR count). The quantitative estimate of drug-likeness (QED) is 0.869. The van der Waals surface area contributed by atoms with Crippen molar-refractivity contribution in [1.82, 2.24) is 5.32 Å². The van der Waals surface area contributed by atoms with Crippen LogP contribution >= 0.6 is 0 Å². The first kappa shape index (κ1) is 17.9. The number of aryl methyl sites for hydroxylation is 1. The van der Waals surface area contributed by atoms with Crippen molar-refractivity contribution < 1.29 is 17.6 Å². The molecule has 0 aliphatic rings. The highest BCUT2D eigenvalue weighted by molar-refractivity contribution is 7.92. The lowest BCUT2D eigenvalue weighted by atomic mass is 10.1. The van der Waals surface area contributed by atoms with Gasteiger partial charge in [0.15, 0.2) is 0 Å². The molecule has 0 bridgehead atoms. The smallest absolute Gasteiger partial charge is 0.241 e. The Morgan fingerprint density at radius 1 is 1.12 bits per heavy atom. The number of amides is 1. The van der Waals surface area contributed by atoms with Crippen molar-refractivity contribution in [2.24, 2.45) is 0 Å². The Labute approximate surface area is 141 Å². The SMILES string of the molecule is Cc1ccccc1CNC(=O)CN(c1ccccc1F)S(C)(=O)=O. The van der Waals surface area contributed by atoms with Crippen molar-refractivity contribution in [1.29, 1.82) is 0 Å². The van der Waals surface area contributed by atoms with Gasteiger partial charge in [0.1, 0.15) is 12.4 Å². The molecule has 24 heavy (non-hydrogen) atoms. The van der Waals surface area contributed by atoms with Gasteiger partial charge in [0.05, 0.1) is 11.9 Å². The van der Waals surface area contributed by atoms with Crippen molar-refractivity contribution in [3.63, 3.8) is 0 Å². The van der Waals surface area contributed by atoms with Gasteiger partial charge in [0.25, 0.3) is 0 Å². The number of benzene rings is 2. The fraction of sp³-hybridized carbons (Fsp3) is 0.235. The Hall–Kier alpha value is -2.41. The van der Waals surface area contributed by atoms with E-state index < -0.39 is 28.3 Å². The van der Waals surface area contributed by atoms with E-state index in [1.165, 1.54) is 18.2 Å². The summed E-state index contributed by atoms with van der Waals surface area (Å²) >= 11 is 0. The minimum atomic E-state index is -3.79. The fourth-order valence-corrected chi connectivity index (χ4v) is 3.08. The molecule has 0 saturated carbocycles. The molecule has 0 aliphatic carbocycles. The second kappa shape index (κ2) is 7.44. The van der Waals surface area contributed by atoms with E-state index in [-0.39, 0.29) is 12.2 Å². The first-order valence-corrected chi connectivity index (χ1v) is 9.17. The molecule has 0 unspecified atom stereocenters. The van der Waals surface area contributed by atoms with E-state index in [0.717, 1.165) is 27.8 Å². The highest BCUT2D eigenvalue weighted by Crippen LogP contribution is 2.21. The summed E-state index contributed by atoms with van der Waals surface area (Å²) in [7, 11) is -3.79. The minimum absolute atomic E-state index is 0.147. The van der Waals surface area contributed by atoms with Gasteiger partial charge in [-0.1, -0.05) is 36.4 Å². The number of halogens is 1. The van der Waals surface area contributed by atoms with Crippen molar-refractivity contribution in [2.75, 3.05) is 17.1 Å². The number of nitrogens with zero attached hydrogens (tertiary/aromatic N) is 1. The maximum Gasteiger partial charge on any atom is 0.241 e. The summed E-state index contributed by atoms with van der Waals surface area (Å²) in [6.45, 7) is 1.72. The maximum absolute atomic E-state index is 13.9. The highest BCUT2D eigenvalue weighted by atomic mass is 32.2. The molecule has 128 valence electrons. The molecule has 5 nitrogen and oxygen atoms in total. The van der Waals surface area contributed by atoms with Crippen LogP contribution in [0.1, 0.15) is 11.1 Å². The second-order valence-corrected chi connectivity index (χ2v) is 7.33. The lowest BCUT2D eigenvalue weighted by Gasteiger charge is -2.22. The Balaban J connectivity index is 2.12. The summed E-state index contributed by atoms with van der Waals surface area (Å²) in [4.78, 5) is 12.1. The van der Waals surface area contributed by atoms with Crippen molar-refractivity contribution in [3.05, 3.63) is 65.5 Å². The molecule has 2 aromatic rings. The number of hydrogen-bond donors (Lipinski definition) is 1. The number of anilines is 1. The largest absolute Gasteiger partial charge is 0.350 e. The van der Waals surface area contributed by atoms with Crippen molar-refractivity contribution in [3.8, 4) is 0 Å². The average Bonchev–Trinajstić information content (AvgIpc) is 2.52. The molecule has 0 aromatic heterocycles. The van der Waals surface area contributed by atoms with Gasteiger partial charge in [-0.05, 0) is 30.2 Å². The van der Waals surface area contributed by atoms with Gasteiger partial charge < -0.3 is 5.32 Å². The molecule has 0 heterocycles. The number of para-hydroxylation sites is 1. The summed E-state index contributed by atoms with van der Waals surface area (Å²) in [6.07, 6.45) is 0.939. The van der Waals surface area contributed by atoms with E-state index in [1.54, 1.807) is 0 Å². The molecule has 0 radical (unpaired) electrons. The van der Waals surface area contributed by atoms with E-state index in [2.05, 4.69) is 5.32 Å². The van der Waals surface area contributed by atoms with E-state index in [0.29, 0.717) is 0 Å². The molecule has 0 spiro atoms. The van der Waals surface area contributed by atoms with Crippen LogP contribution < -0.4 is 9.62 Å². The molecular formula is C17H19FN2O3S. The number of nitrogens with one attached hydrogen (secondary N) is 1. The Morgan fingerprint density at radius 2 is 1.75 bits per heavy atom. The van der Waals surface area contributed by atoms with Crippen LogP contribution in [0.5, 0.6) is 0 Å². The third kappa shape index (κ3) is 4.55. The first-order valence-electron chi connectivity index (χ1n) is 7.32. The van der Waals surface area contributed by atoms with Gasteiger partial charge in [-0.25, -0.2) is 12.8 Å². The first-order chi connectivity index (χ1) is 11.3. The molecule has 0 atom stereocenters. The Bertz CT molecular complexity index is 837.